The maximum Gasteiger partial charge on any atom is 0.257 e. The zero-order valence-electron chi connectivity index (χ0n) is 11.3. The Morgan fingerprint density at radius 2 is 2.25 bits per heavy atom. The minimum atomic E-state index is -3.48. The minimum absolute atomic E-state index is 0.202. The van der Waals surface area contributed by atoms with Crippen molar-refractivity contribution >= 4 is 21.8 Å². The van der Waals surface area contributed by atoms with E-state index in [1.54, 1.807) is 6.20 Å². The summed E-state index contributed by atoms with van der Waals surface area (Å²) in [6.07, 6.45) is 6.21. The number of aromatic amines is 1. The number of sulfonamides is 1. The van der Waals surface area contributed by atoms with E-state index >= 15 is 0 Å². The van der Waals surface area contributed by atoms with Crippen molar-refractivity contribution < 1.29 is 8.42 Å². The van der Waals surface area contributed by atoms with Crippen LogP contribution in [0.15, 0.2) is 11.2 Å². The van der Waals surface area contributed by atoms with Crippen molar-refractivity contribution in [2.45, 2.75) is 48.5 Å². The van der Waals surface area contributed by atoms with E-state index in [1.807, 2.05) is 11.8 Å². The molecule has 1 aromatic rings. The predicted octanol–water partition coefficient (Wildman–Crippen LogP) is 0.836. The van der Waals surface area contributed by atoms with Gasteiger partial charge in [-0.3, -0.25) is 5.10 Å². The van der Waals surface area contributed by atoms with Crippen LogP contribution >= 0.6 is 11.8 Å². The van der Waals surface area contributed by atoms with Crippen LogP contribution in [0, 0.1) is 0 Å². The molecule has 0 spiro atoms. The van der Waals surface area contributed by atoms with Crippen LogP contribution in [0.2, 0.25) is 0 Å². The number of nitrogens with zero attached hydrogens (tertiary/aromatic N) is 1. The first-order valence-electron chi connectivity index (χ1n) is 7.02. The average Bonchev–Trinajstić information content (AvgIpc) is 2.94. The lowest BCUT2D eigenvalue weighted by Gasteiger charge is -2.11. The molecule has 20 heavy (non-hydrogen) atoms. The first-order valence-corrected chi connectivity index (χ1v) is 9.55. The Labute approximate surface area is 123 Å². The first kappa shape index (κ1) is 14.4. The lowest BCUT2D eigenvalue weighted by molar-refractivity contribution is 0.571. The van der Waals surface area contributed by atoms with Crippen LogP contribution < -0.4 is 10.0 Å². The summed E-state index contributed by atoms with van der Waals surface area (Å²) in [4.78, 5) is 0. The van der Waals surface area contributed by atoms with Crippen molar-refractivity contribution in [3.05, 3.63) is 11.8 Å². The number of nitrogens with one attached hydrogen (secondary N) is 3. The highest BCUT2D eigenvalue weighted by Gasteiger charge is 2.25. The molecule has 0 radical (unpaired) electrons. The summed E-state index contributed by atoms with van der Waals surface area (Å²) in [6.45, 7) is 1.05. The van der Waals surface area contributed by atoms with E-state index in [4.69, 9.17) is 0 Å². The third kappa shape index (κ3) is 3.55. The molecule has 0 bridgehead atoms. The largest absolute Gasteiger partial charge is 0.310 e. The van der Waals surface area contributed by atoms with Crippen molar-refractivity contribution in [2.75, 3.05) is 12.3 Å². The fraction of sp³-hybridized carbons (Fsp3) is 0.750. The zero-order valence-corrected chi connectivity index (χ0v) is 12.9. The molecule has 1 unspecified atom stereocenters. The summed E-state index contributed by atoms with van der Waals surface area (Å²) < 4.78 is 27.3. The van der Waals surface area contributed by atoms with Crippen LogP contribution in [-0.4, -0.2) is 42.2 Å². The van der Waals surface area contributed by atoms with Gasteiger partial charge in [-0.15, -0.1) is 0 Å². The standard InChI is InChI=1S/C12H20N4O2S2/c17-20(18,15-8-11-2-1-5-19-11)12-9(7-14-16-12)6-13-10-3-4-10/h7,10-11,13,15H,1-6,8H2,(H,14,16). The molecule has 2 heterocycles. The van der Waals surface area contributed by atoms with E-state index in [0.717, 1.165) is 12.2 Å². The van der Waals surface area contributed by atoms with Crippen LogP contribution in [0.4, 0.5) is 0 Å². The van der Waals surface area contributed by atoms with E-state index in [2.05, 4.69) is 20.2 Å². The van der Waals surface area contributed by atoms with Gasteiger partial charge < -0.3 is 5.32 Å². The molecule has 8 heteroatoms. The molecule has 2 fully saturated rings. The Hall–Kier alpha value is -0.570. The Morgan fingerprint density at radius 1 is 1.40 bits per heavy atom. The first-order chi connectivity index (χ1) is 9.65. The van der Waals surface area contributed by atoms with E-state index in [0.29, 0.717) is 29.9 Å². The van der Waals surface area contributed by atoms with Gasteiger partial charge in [0.25, 0.3) is 10.0 Å². The second-order valence-electron chi connectivity index (χ2n) is 5.37. The lowest BCUT2D eigenvalue weighted by Crippen LogP contribution is -2.31. The number of hydrogen-bond acceptors (Lipinski definition) is 5. The summed E-state index contributed by atoms with van der Waals surface area (Å²) in [7, 11) is -3.48. The molecule has 112 valence electrons. The van der Waals surface area contributed by atoms with Crippen molar-refractivity contribution in [3.63, 3.8) is 0 Å². The molecule has 0 aromatic carbocycles. The fourth-order valence-electron chi connectivity index (χ4n) is 2.28. The van der Waals surface area contributed by atoms with Gasteiger partial charge in [0.1, 0.15) is 0 Å². The van der Waals surface area contributed by atoms with E-state index < -0.39 is 10.0 Å². The fourth-order valence-corrected chi connectivity index (χ4v) is 4.79. The topological polar surface area (TPSA) is 86.9 Å². The Bertz CT molecular complexity index is 548. The monoisotopic (exact) mass is 316 g/mol. The van der Waals surface area contributed by atoms with E-state index in [9.17, 15) is 8.42 Å². The minimum Gasteiger partial charge on any atom is -0.310 e. The molecule has 1 atom stereocenters. The number of rotatable bonds is 7. The number of thioether (sulfide) groups is 1. The summed E-state index contributed by atoms with van der Waals surface area (Å²) in [6, 6.07) is 0.545. The Balaban J connectivity index is 1.61. The van der Waals surface area contributed by atoms with Crippen LogP contribution in [0.1, 0.15) is 31.2 Å². The molecule has 1 saturated heterocycles. The quantitative estimate of drug-likeness (QED) is 0.694. The normalized spacial score (nSPS) is 23.3. The van der Waals surface area contributed by atoms with Gasteiger partial charge in [-0.25, -0.2) is 13.1 Å². The molecule has 1 aliphatic heterocycles. The van der Waals surface area contributed by atoms with Gasteiger partial charge in [0.15, 0.2) is 5.03 Å². The van der Waals surface area contributed by atoms with Crippen molar-refractivity contribution in [1.29, 1.82) is 0 Å². The highest BCUT2D eigenvalue weighted by Crippen LogP contribution is 2.26. The highest BCUT2D eigenvalue weighted by atomic mass is 32.2. The predicted molar refractivity (Wildman–Crippen MR) is 79.1 cm³/mol. The van der Waals surface area contributed by atoms with Crippen LogP contribution in [0.3, 0.4) is 0 Å². The lowest BCUT2D eigenvalue weighted by atomic mass is 10.2. The summed E-state index contributed by atoms with van der Waals surface area (Å²) >= 11 is 1.84. The maximum absolute atomic E-state index is 12.3. The van der Waals surface area contributed by atoms with Crippen LogP contribution in [0.5, 0.6) is 0 Å². The smallest absolute Gasteiger partial charge is 0.257 e. The second kappa shape index (κ2) is 6.05. The molecule has 3 N–H and O–H groups in total. The van der Waals surface area contributed by atoms with Gasteiger partial charge in [-0.05, 0) is 31.4 Å². The number of aromatic nitrogens is 2. The second-order valence-corrected chi connectivity index (χ2v) is 8.48. The number of H-pyrrole nitrogens is 1. The zero-order chi connectivity index (χ0) is 14.0. The van der Waals surface area contributed by atoms with Gasteiger partial charge in [0.05, 0.1) is 6.20 Å². The molecule has 0 amide bonds. The SMILES string of the molecule is O=S(=O)(NCC1CCCS1)c1[nH]ncc1CNC1CC1. The summed E-state index contributed by atoms with van der Waals surface area (Å²) in [5.74, 6) is 1.13. The molecule has 1 aliphatic carbocycles. The third-order valence-electron chi connectivity index (χ3n) is 3.63. The molecule has 2 aliphatic rings. The van der Waals surface area contributed by atoms with Gasteiger partial charge >= 0.3 is 0 Å². The highest BCUT2D eigenvalue weighted by molar-refractivity contribution is 8.00. The van der Waals surface area contributed by atoms with Gasteiger partial charge in [0, 0.05) is 29.9 Å². The molecule has 1 aromatic heterocycles. The van der Waals surface area contributed by atoms with Gasteiger partial charge in [-0.1, -0.05) is 0 Å². The van der Waals surface area contributed by atoms with Crippen LogP contribution in [-0.2, 0) is 16.6 Å². The number of hydrogen-bond donors (Lipinski definition) is 3. The molecule has 6 nitrogen and oxygen atoms in total. The van der Waals surface area contributed by atoms with Gasteiger partial charge in [-0.2, -0.15) is 16.9 Å². The average molecular weight is 316 g/mol. The van der Waals surface area contributed by atoms with E-state index in [-0.39, 0.29) is 5.03 Å². The summed E-state index contributed by atoms with van der Waals surface area (Å²) in [5.41, 5.74) is 0.712. The molecular weight excluding hydrogens is 296 g/mol. The van der Waals surface area contributed by atoms with Crippen molar-refractivity contribution in [2.24, 2.45) is 0 Å². The maximum atomic E-state index is 12.3. The Morgan fingerprint density at radius 3 is 2.95 bits per heavy atom. The van der Waals surface area contributed by atoms with E-state index in [1.165, 1.54) is 19.3 Å². The van der Waals surface area contributed by atoms with Crippen molar-refractivity contribution in [3.8, 4) is 0 Å². The molecular formula is C12H20N4O2S2. The Kier molecular flexibility index (Phi) is 4.34. The van der Waals surface area contributed by atoms with Gasteiger partial charge in [0.2, 0.25) is 0 Å². The van der Waals surface area contributed by atoms with Crippen molar-refractivity contribution in [1.82, 2.24) is 20.2 Å². The summed E-state index contributed by atoms with van der Waals surface area (Å²) in [5, 5.41) is 10.4. The molecule has 3 rings (SSSR count). The van der Waals surface area contributed by atoms with Crippen LogP contribution in [0.25, 0.3) is 0 Å². The third-order valence-corrected chi connectivity index (χ3v) is 6.47. The molecule has 1 saturated carbocycles.